The molecule has 74 valence electrons. The number of ether oxygens (including phenoxy) is 1. The van der Waals surface area contributed by atoms with E-state index in [2.05, 4.69) is 11.8 Å². The van der Waals surface area contributed by atoms with Crippen LogP contribution in [-0.2, 0) is 0 Å². The molecule has 1 aromatic carbocycles. The maximum absolute atomic E-state index is 5.52. The monoisotopic (exact) mass is 189 g/mol. The van der Waals surface area contributed by atoms with Crippen molar-refractivity contribution >= 4 is 0 Å². The Morgan fingerprint density at radius 2 is 2.00 bits per heavy atom. The average molecular weight is 189 g/mol. The van der Waals surface area contributed by atoms with Gasteiger partial charge in [-0.2, -0.15) is 0 Å². The highest BCUT2D eigenvalue weighted by molar-refractivity contribution is 5.38. The van der Waals surface area contributed by atoms with Crippen molar-refractivity contribution < 1.29 is 4.74 Å². The predicted molar refractivity (Wildman–Crippen MR) is 58.1 cm³/mol. The quantitative estimate of drug-likeness (QED) is 0.720. The van der Waals surface area contributed by atoms with Crippen LogP contribution in [0, 0.1) is 11.8 Å². The largest absolute Gasteiger partial charge is 0.494 e. The summed E-state index contributed by atoms with van der Waals surface area (Å²) in [4.78, 5) is 0. The van der Waals surface area contributed by atoms with Gasteiger partial charge in [0.15, 0.2) is 0 Å². The second kappa shape index (κ2) is 5.31. The van der Waals surface area contributed by atoms with Crippen molar-refractivity contribution in [1.82, 2.24) is 0 Å². The van der Waals surface area contributed by atoms with E-state index in [1.807, 2.05) is 38.1 Å². The Morgan fingerprint density at radius 3 is 2.50 bits per heavy atom. The number of rotatable bonds is 2. The fourth-order valence-corrected chi connectivity index (χ4v) is 0.998. The highest BCUT2D eigenvalue weighted by Crippen LogP contribution is 2.10. The van der Waals surface area contributed by atoms with Crippen LogP contribution in [0.4, 0.5) is 0 Å². The van der Waals surface area contributed by atoms with Crippen molar-refractivity contribution in [3.8, 4) is 17.6 Å². The lowest BCUT2D eigenvalue weighted by Crippen LogP contribution is -2.10. The third-order valence-corrected chi connectivity index (χ3v) is 1.61. The van der Waals surface area contributed by atoms with Gasteiger partial charge in [0.1, 0.15) is 5.75 Å². The van der Waals surface area contributed by atoms with Gasteiger partial charge in [-0.3, -0.25) is 0 Å². The van der Waals surface area contributed by atoms with Gasteiger partial charge in [0.2, 0.25) is 0 Å². The molecule has 2 nitrogen and oxygen atoms in total. The molecule has 14 heavy (non-hydrogen) atoms. The molecule has 0 aliphatic heterocycles. The van der Waals surface area contributed by atoms with Crippen LogP contribution >= 0.6 is 0 Å². The fraction of sp³-hybridized carbons (Fsp3) is 0.333. The molecular weight excluding hydrogens is 174 g/mol. The first-order chi connectivity index (χ1) is 6.72. The first-order valence-electron chi connectivity index (χ1n) is 4.72. The summed E-state index contributed by atoms with van der Waals surface area (Å²) in [5.41, 5.74) is 6.48. The molecule has 0 spiro atoms. The first kappa shape index (κ1) is 10.6. The van der Waals surface area contributed by atoms with Crippen LogP contribution in [0.3, 0.4) is 0 Å². The van der Waals surface area contributed by atoms with E-state index in [0.29, 0.717) is 6.61 Å². The highest BCUT2D eigenvalue weighted by Gasteiger charge is 1.91. The maximum atomic E-state index is 5.52. The Bertz CT molecular complexity index is 330. The molecular formula is C12H15NO. The maximum Gasteiger partial charge on any atom is 0.119 e. The van der Waals surface area contributed by atoms with Gasteiger partial charge in [-0.25, -0.2) is 0 Å². The summed E-state index contributed by atoms with van der Waals surface area (Å²) in [6.07, 6.45) is 0. The van der Waals surface area contributed by atoms with E-state index in [4.69, 9.17) is 10.5 Å². The minimum absolute atomic E-state index is 0.0819. The van der Waals surface area contributed by atoms with Crippen molar-refractivity contribution in [2.24, 2.45) is 5.73 Å². The Balaban J connectivity index is 2.70. The van der Waals surface area contributed by atoms with Gasteiger partial charge in [-0.05, 0) is 38.1 Å². The number of nitrogens with two attached hydrogens (primary N) is 1. The van der Waals surface area contributed by atoms with Crippen LogP contribution in [0.2, 0.25) is 0 Å². The summed E-state index contributed by atoms with van der Waals surface area (Å²) in [5.74, 6) is 6.76. The molecule has 0 bridgehead atoms. The van der Waals surface area contributed by atoms with Crippen LogP contribution in [-0.4, -0.2) is 12.6 Å². The van der Waals surface area contributed by atoms with Gasteiger partial charge < -0.3 is 10.5 Å². The highest BCUT2D eigenvalue weighted by atomic mass is 16.5. The molecule has 0 saturated carbocycles. The molecule has 1 unspecified atom stereocenters. The molecule has 0 radical (unpaired) electrons. The molecule has 0 saturated heterocycles. The van der Waals surface area contributed by atoms with Gasteiger partial charge in [-0.1, -0.05) is 11.8 Å². The molecule has 0 amide bonds. The Labute approximate surface area is 85.1 Å². The summed E-state index contributed by atoms with van der Waals surface area (Å²) < 4.78 is 5.31. The minimum atomic E-state index is -0.0819. The molecule has 1 rings (SSSR count). The zero-order valence-electron chi connectivity index (χ0n) is 8.58. The van der Waals surface area contributed by atoms with E-state index in [-0.39, 0.29) is 6.04 Å². The van der Waals surface area contributed by atoms with Gasteiger partial charge in [0.05, 0.1) is 12.6 Å². The van der Waals surface area contributed by atoms with Crippen molar-refractivity contribution in [1.29, 1.82) is 0 Å². The molecule has 2 heteroatoms. The summed E-state index contributed by atoms with van der Waals surface area (Å²) in [6.45, 7) is 4.51. The fourth-order valence-electron chi connectivity index (χ4n) is 0.998. The SMILES string of the molecule is CCOc1ccc(C#CC(C)N)cc1. The van der Waals surface area contributed by atoms with E-state index < -0.39 is 0 Å². The Kier molecular flexibility index (Phi) is 4.03. The van der Waals surface area contributed by atoms with Crippen molar-refractivity contribution in [2.75, 3.05) is 6.61 Å². The number of benzene rings is 1. The second-order valence-corrected chi connectivity index (χ2v) is 3.02. The minimum Gasteiger partial charge on any atom is -0.494 e. The van der Waals surface area contributed by atoms with E-state index >= 15 is 0 Å². The van der Waals surface area contributed by atoms with Crippen molar-refractivity contribution in [3.63, 3.8) is 0 Å². The lowest BCUT2D eigenvalue weighted by atomic mass is 10.2. The molecule has 0 aliphatic rings. The lowest BCUT2D eigenvalue weighted by Gasteiger charge is -2.01. The molecule has 1 aromatic rings. The molecule has 0 heterocycles. The van der Waals surface area contributed by atoms with Crippen molar-refractivity contribution in [3.05, 3.63) is 29.8 Å². The second-order valence-electron chi connectivity index (χ2n) is 3.02. The van der Waals surface area contributed by atoms with Gasteiger partial charge in [-0.15, -0.1) is 0 Å². The third kappa shape index (κ3) is 3.51. The van der Waals surface area contributed by atoms with Gasteiger partial charge in [0, 0.05) is 5.56 Å². The van der Waals surface area contributed by atoms with Crippen LogP contribution in [0.1, 0.15) is 19.4 Å². The molecule has 0 aromatic heterocycles. The average Bonchev–Trinajstić information content (AvgIpc) is 2.17. The molecule has 2 N–H and O–H groups in total. The van der Waals surface area contributed by atoms with Gasteiger partial charge in [0.25, 0.3) is 0 Å². The Hall–Kier alpha value is -1.46. The van der Waals surface area contributed by atoms with E-state index in [1.165, 1.54) is 0 Å². The van der Waals surface area contributed by atoms with E-state index in [1.54, 1.807) is 0 Å². The van der Waals surface area contributed by atoms with Crippen LogP contribution < -0.4 is 10.5 Å². The molecule has 0 fully saturated rings. The number of hydrogen-bond donors (Lipinski definition) is 1. The normalized spacial score (nSPS) is 11.4. The third-order valence-electron chi connectivity index (χ3n) is 1.61. The standard InChI is InChI=1S/C12H15NO/c1-3-14-12-8-6-11(7-9-12)5-4-10(2)13/h6-10H,3,13H2,1-2H3. The lowest BCUT2D eigenvalue weighted by molar-refractivity contribution is 0.340. The number of hydrogen-bond acceptors (Lipinski definition) is 2. The summed E-state index contributed by atoms with van der Waals surface area (Å²) in [5, 5.41) is 0. The zero-order chi connectivity index (χ0) is 10.4. The van der Waals surface area contributed by atoms with Crippen LogP contribution in [0.5, 0.6) is 5.75 Å². The summed E-state index contributed by atoms with van der Waals surface area (Å²) in [7, 11) is 0. The summed E-state index contributed by atoms with van der Waals surface area (Å²) in [6, 6.07) is 7.60. The smallest absolute Gasteiger partial charge is 0.119 e. The van der Waals surface area contributed by atoms with E-state index in [9.17, 15) is 0 Å². The topological polar surface area (TPSA) is 35.2 Å². The molecule has 0 aliphatic carbocycles. The van der Waals surface area contributed by atoms with Crippen LogP contribution in [0.25, 0.3) is 0 Å². The first-order valence-corrected chi connectivity index (χ1v) is 4.72. The Morgan fingerprint density at radius 1 is 1.36 bits per heavy atom. The van der Waals surface area contributed by atoms with Crippen molar-refractivity contribution in [2.45, 2.75) is 19.9 Å². The molecule has 1 atom stereocenters. The van der Waals surface area contributed by atoms with Gasteiger partial charge >= 0.3 is 0 Å². The van der Waals surface area contributed by atoms with E-state index in [0.717, 1.165) is 11.3 Å². The summed E-state index contributed by atoms with van der Waals surface area (Å²) >= 11 is 0. The zero-order valence-corrected chi connectivity index (χ0v) is 8.58. The van der Waals surface area contributed by atoms with Crippen LogP contribution in [0.15, 0.2) is 24.3 Å². The predicted octanol–water partition coefficient (Wildman–Crippen LogP) is 1.78.